The molecular weight excluding hydrogens is 254 g/mol. The summed E-state index contributed by atoms with van der Waals surface area (Å²) in [5, 5.41) is 12.4. The fourth-order valence-corrected chi connectivity index (χ4v) is 1.75. The third-order valence-electron chi connectivity index (χ3n) is 2.80. The van der Waals surface area contributed by atoms with Crippen LogP contribution in [-0.2, 0) is 6.54 Å². The van der Waals surface area contributed by atoms with E-state index in [1.54, 1.807) is 30.9 Å². The molecule has 0 aliphatic heterocycles. The van der Waals surface area contributed by atoms with E-state index < -0.39 is 0 Å². The highest BCUT2D eigenvalue weighted by Gasteiger charge is 1.99. The Labute approximate surface area is 115 Å². The Balaban J connectivity index is 1.65. The lowest BCUT2D eigenvalue weighted by Crippen LogP contribution is -2.02. The lowest BCUT2D eigenvalue weighted by molar-refractivity contribution is 0.472. The van der Waals surface area contributed by atoms with Crippen LogP contribution in [0.2, 0.25) is 0 Å². The zero-order valence-electron chi connectivity index (χ0n) is 10.6. The van der Waals surface area contributed by atoms with Gasteiger partial charge in [0.05, 0.1) is 30.3 Å². The van der Waals surface area contributed by atoms with Crippen molar-refractivity contribution in [1.82, 2.24) is 19.5 Å². The summed E-state index contributed by atoms with van der Waals surface area (Å²) in [5.74, 6) is 0.982. The fraction of sp³-hybridized carbons (Fsp3) is 0.0714. The summed E-state index contributed by atoms with van der Waals surface area (Å²) < 4.78 is 1.84. The predicted molar refractivity (Wildman–Crippen MR) is 74.6 cm³/mol. The van der Waals surface area contributed by atoms with Gasteiger partial charge in [-0.05, 0) is 24.3 Å². The molecule has 6 heteroatoms. The molecule has 0 aliphatic carbocycles. The first-order valence-electron chi connectivity index (χ1n) is 6.13. The number of hydrogen-bond donors (Lipinski definition) is 2. The Bertz CT molecular complexity index is 662. The molecule has 3 heterocycles. The Hall–Kier alpha value is -2.89. The summed E-state index contributed by atoms with van der Waals surface area (Å²) >= 11 is 0. The highest BCUT2D eigenvalue weighted by Crippen LogP contribution is 2.11. The van der Waals surface area contributed by atoms with Crippen molar-refractivity contribution in [3.63, 3.8) is 0 Å². The van der Waals surface area contributed by atoms with Crippen LogP contribution in [0.4, 0.5) is 5.69 Å². The Morgan fingerprint density at radius 1 is 1.10 bits per heavy atom. The van der Waals surface area contributed by atoms with Gasteiger partial charge in [0.15, 0.2) is 0 Å². The number of imidazole rings is 1. The molecule has 100 valence electrons. The monoisotopic (exact) mass is 267 g/mol. The van der Waals surface area contributed by atoms with Crippen molar-refractivity contribution in [1.29, 1.82) is 0 Å². The van der Waals surface area contributed by atoms with Gasteiger partial charge in [-0.15, -0.1) is 0 Å². The second-order valence-corrected chi connectivity index (χ2v) is 4.24. The Morgan fingerprint density at radius 2 is 2.05 bits per heavy atom. The average molecular weight is 267 g/mol. The Kier molecular flexibility index (Phi) is 3.28. The summed E-state index contributed by atoms with van der Waals surface area (Å²) in [7, 11) is 0. The standard InChI is InChI=1S/C14H13N5O/c20-13-3-1-11(17-9-13)7-16-12-2-4-14(18-8-12)19-6-5-15-10-19/h1-6,8-10,16,20H,7H2. The number of nitrogens with zero attached hydrogens (tertiary/aromatic N) is 4. The number of nitrogens with one attached hydrogen (secondary N) is 1. The number of rotatable bonds is 4. The molecule has 0 aliphatic rings. The van der Waals surface area contributed by atoms with Crippen molar-refractivity contribution in [2.24, 2.45) is 0 Å². The van der Waals surface area contributed by atoms with Crippen molar-refractivity contribution in [3.05, 3.63) is 61.1 Å². The predicted octanol–water partition coefficient (Wildman–Crippen LogP) is 1.98. The summed E-state index contributed by atoms with van der Waals surface area (Å²) in [6.45, 7) is 0.576. The topological polar surface area (TPSA) is 75.9 Å². The molecule has 0 saturated carbocycles. The van der Waals surface area contributed by atoms with E-state index in [1.165, 1.54) is 6.20 Å². The molecule has 3 rings (SSSR count). The van der Waals surface area contributed by atoms with Gasteiger partial charge in [0.1, 0.15) is 17.9 Å². The van der Waals surface area contributed by atoms with Crippen molar-refractivity contribution in [2.75, 3.05) is 5.32 Å². The number of anilines is 1. The van der Waals surface area contributed by atoms with Gasteiger partial charge in [-0.25, -0.2) is 9.97 Å². The molecule has 0 saturated heterocycles. The van der Waals surface area contributed by atoms with Gasteiger partial charge >= 0.3 is 0 Å². The van der Waals surface area contributed by atoms with E-state index in [0.717, 1.165) is 17.2 Å². The van der Waals surface area contributed by atoms with E-state index in [0.29, 0.717) is 6.54 Å². The molecule has 3 aromatic rings. The largest absolute Gasteiger partial charge is 0.506 e. The van der Waals surface area contributed by atoms with E-state index in [4.69, 9.17) is 5.11 Å². The lowest BCUT2D eigenvalue weighted by atomic mass is 10.3. The van der Waals surface area contributed by atoms with Crippen molar-refractivity contribution in [3.8, 4) is 11.6 Å². The fourth-order valence-electron chi connectivity index (χ4n) is 1.75. The molecule has 0 fully saturated rings. The van der Waals surface area contributed by atoms with Gasteiger partial charge < -0.3 is 10.4 Å². The summed E-state index contributed by atoms with van der Waals surface area (Å²) in [6.07, 6.45) is 8.45. The van der Waals surface area contributed by atoms with Gasteiger partial charge in [0, 0.05) is 12.4 Å². The Morgan fingerprint density at radius 3 is 2.70 bits per heavy atom. The normalized spacial score (nSPS) is 10.4. The van der Waals surface area contributed by atoms with Crippen molar-refractivity contribution >= 4 is 5.69 Å². The first-order valence-corrected chi connectivity index (χ1v) is 6.13. The highest BCUT2D eigenvalue weighted by molar-refractivity contribution is 5.43. The molecule has 0 amide bonds. The minimum Gasteiger partial charge on any atom is -0.506 e. The van der Waals surface area contributed by atoms with Crippen LogP contribution < -0.4 is 5.32 Å². The van der Waals surface area contributed by atoms with Crippen LogP contribution >= 0.6 is 0 Å². The van der Waals surface area contributed by atoms with Crippen LogP contribution in [0.1, 0.15) is 5.69 Å². The molecule has 0 unspecified atom stereocenters. The third-order valence-corrected chi connectivity index (χ3v) is 2.80. The first kappa shape index (κ1) is 12.2. The van der Waals surface area contributed by atoms with E-state index in [-0.39, 0.29) is 5.75 Å². The quantitative estimate of drug-likeness (QED) is 0.756. The molecule has 20 heavy (non-hydrogen) atoms. The van der Waals surface area contributed by atoms with Crippen LogP contribution in [0, 0.1) is 0 Å². The van der Waals surface area contributed by atoms with Crippen LogP contribution in [0.15, 0.2) is 55.4 Å². The van der Waals surface area contributed by atoms with Crippen LogP contribution in [0.3, 0.4) is 0 Å². The zero-order chi connectivity index (χ0) is 13.8. The molecular formula is C14H13N5O. The van der Waals surface area contributed by atoms with Crippen LogP contribution in [-0.4, -0.2) is 24.6 Å². The summed E-state index contributed by atoms with van der Waals surface area (Å²) in [5.41, 5.74) is 1.75. The smallest absolute Gasteiger partial charge is 0.137 e. The maximum Gasteiger partial charge on any atom is 0.137 e. The van der Waals surface area contributed by atoms with Crippen LogP contribution in [0.25, 0.3) is 5.82 Å². The molecule has 0 atom stereocenters. The minimum atomic E-state index is 0.167. The van der Waals surface area contributed by atoms with Gasteiger partial charge in [-0.3, -0.25) is 9.55 Å². The maximum absolute atomic E-state index is 9.16. The van der Waals surface area contributed by atoms with Gasteiger partial charge in [0.25, 0.3) is 0 Å². The molecule has 0 radical (unpaired) electrons. The molecule has 0 spiro atoms. The number of pyridine rings is 2. The first-order chi connectivity index (χ1) is 9.81. The van der Waals surface area contributed by atoms with E-state index in [1.807, 2.05) is 22.9 Å². The van der Waals surface area contributed by atoms with Crippen molar-refractivity contribution in [2.45, 2.75) is 6.54 Å². The van der Waals surface area contributed by atoms with E-state index in [2.05, 4.69) is 20.3 Å². The average Bonchev–Trinajstić information content (AvgIpc) is 3.01. The minimum absolute atomic E-state index is 0.167. The number of aromatic nitrogens is 4. The third kappa shape index (κ3) is 2.74. The summed E-state index contributed by atoms with van der Waals surface area (Å²) in [6, 6.07) is 7.25. The summed E-state index contributed by atoms with van der Waals surface area (Å²) in [4.78, 5) is 12.4. The molecule has 6 nitrogen and oxygen atoms in total. The SMILES string of the molecule is Oc1ccc(CNc2ccc(-n3ccnc3)nc2)nc1. The second-order valence-electron chi connectivity index (χ2n) is 4.24. The zero-order valence-corrected chi connectivity index (χ0v) is 10.6. The molecule has 2 N–H and O–H groups in total. The van der Waals surface area contributed by atoms with Gasteiger partial charge in [-0.2, -0.15) is 0 Å². The lowest BCUT2D eigenvalue weighted by Gasteiger charge is -2.07. The second kappa shape index (κ2) is 5.40. The number of aromatic hydroxyl groups is 1. The highest BCUT2D eigenvalue weighted by atomic mass is 16.3. The van der Waals surface area contributed by atoms with E-state index in [9.17, 15) is 0 Å². The molecule has 0 bridgehead atoms. The van der Waals surface area contributed by atoms with Gasteiger partial charge in [0.2, 0.25) is 0 Å². The number of hydrogen-bond acceptors (Lipinski definition) is 5. The maximum atomic E-state index is 9.16. The molecule has 0 aromatic carbocycles. The van der Waals surface area contributed by atoms with E-state index >= 15 is 0 Å². The molecule has 3 aromatic heterocycles. The van der Waals surface area contributed by atoms with Gasteiger partial charge in [-0.1, -0.05) is 0 Å². The van der Waals surface area contributed by atoms with Crippen molar-refractivity contribution < 1.29 is 5.11 Å². The van der Waals surface area contributed by atoms with Crippen LogP contribution in [0.5, 0.6) is 5.75 Å².